The van der Waals surface area contributed by atoms with Crippen LogP contribution in [0.25, 0.3) is 5.13 Å². The normalized spacial score (nSPS) is 11.8. The Morgan fingerprint density at radius 1 is 1.40 bits per heavy atom. The molecule has 0 unspecified atom stereocenters. The second kappa shape index (κ2) is 5.18. The summed E-state index contributed by atoms with van der Waals surface area (Å²) >= 11 is 7.16. The third kappa shape index (κ3) is 2.58. The van der Waals surface area contributed by atoms with Gasteiger partial charge in [0.2, 0.25) is 5.13 Å². The lowest BCUT2D eigenvalue weighted by molar-refractivity contribution is 0.571. The molecule has 1 N–H and O–H groups in total. The van der Waals surface area contributed by atoms with Crippen molar-refractivity contribution < 1.29 is 0 Å². The first kappa shape index (κ1) is 15.0. The van der Waals surface area contributed by atoms with Crippen LogP contribution in [0.15, 0.2) is 15.0 Å². The van der Waals surface area contributed by atoms with Gasteiger partial charge in [0, 0.05) is 10.8 Å². The van der Waals surface area contributed by atoms with Crippen LogP contribution in [0.3, 0.4) is 0 Å². The van der Waals surface area contributed by atoms with Crippen molar-refractivity contribution in [3.8, 4) is 5.13 Å². The molecule has 108 valence electrons. The van der Waals surface area contributed by atoms with Gasteiger partial charge in [-0.2, -0.15) is 0 Å². The Morgan fingerprint density at radius 3 is 2.55 bits per heavy atom. The number of hydrogen-bond acceptors (Lipinski definition) is 4. The standard InChI is InChI=1S/C13H16ClN3O2S/c1-5-7-9(14)16-11(19)17(10(7)18)12-15-8(6-20-12)13(2,3)4/h6H,5H2,1-4H3,(H,16,19). The molecule has 0 amide bonds. The maximum Gasteiger partial charge on any atom is 0.336 e. The highest BCUT2D eigenvalue weighted by Gasteiger charge is 2.20. The quantitative estimate of drug-likeness (QED) is 0.866. The molecule has 2 rings (SSSR count). The summed E-state index contributed by atoms with van der Waals surface area (Å²) in [6.07, 6.45) is 0.450. The van der Waals surface area contributed by atoms with Gasteiger partial charge in [0.15, 0.2) is 0 Å². The van der Waals surface area contributed by atoms with Gasteiger partial charge in [-0.1, -0.05) is 39.3 Å². The van der Waals surface area contributed by atoms with E-state index in [1.165, 1.54) is 11.3 Å². The maximum absolute atomic E-state index is 12.3. The van der Waals surface area contributed by atoms with Crippen LogP contribution in [0.5, 0.6) is 0 Å². The Balaban J connectivity index is 2.68. The average molecular weight is 314 g/mol. The van der Waals surface area contributed by atoms with Gasteiger partial charge in [-0.15, -0.1) is 11.3 Å². The SMILES string of the molecule is CCc1c(Cl)[nH]c(=O)n(-c2nc(C(C)(C)C)cs2)c1=O. The summed E-state index contributed by atoms with van der Waals surface area (Å²) in [5.74, 6) is 0. The van der Waals surface area contributed by atoms with Gasteiger partial charge < -0.3 is 0 Å². The van der Waals surface area contributed by atoms with Crippen LogP contribution < -0.4 is 11.2 Å². The summed E-state index contributed by atoms with van der Waals surface area (Å²) in [6.45, 7) is 7.89. The van der Waals surface area contributed by atoms with E-state index in [2.05, 4.69) is 9.97 Å². The van der Waals surface area contributed by atoms with E-state index in [0.717, 1.165) is 10.3 Å². The zero-order valence-corrected chi connectivity index (χ0v) is 13.4. The van der Waals surface area contributed by atoms with Crippen molar-refractivity contribution in [3.63, 3.8) is 0 Å². The van der Waals surface area contributed by atoms with Crippen LogP contribution in [-0.2, 0) is 11.8 Å². The molecule has 0 fully saturated rings. The summed E-state index contributed by atoms with van der Waals surface area (Å²) in [5.41, 5.74) is 0.129. The van der Waals surface area contributed by atoms with Gasteiger partial charge in [-0.05, 0) is 6.42 Å². The number of aromatic nitrogens is 3. The van der Waals surface area contributed by atoms with E-state index in [0.29, 0.717) is 17.1 Å². The number of nitrogens with one attached hydrogen (secondary N) is 1. The van der Waals surface area contributed by atoms with Crippen molar-refractivity contribution in [1.29, 1.82) is 0 Å². The minimum Gasteiger partial charge on any atom is -0.297 e. The summed E-state index contributed by atoms with van der Waals surface area (Å²) in [6, 6.07) is 0. The predicted molar refractivity (Wildman–Crippen MR) is 81.4 cm³/mol. The van der Waals surface area contributed by atoms with Gasteiger partial charge in [-0.3, -0.25) is 9.78 Å². The molecule has 0 saturated heterocycles. The first-order chi connectivity index (χ1) is 9.25. The minimum atomic E-state index is -0.563. The summed E-state index contributed by atoms with van der Waals surface area (Å²) < 4.78 is 1.05. The van der Waals surface area contributed by atoms with Crippen molar-refractivity contribution >= 4 is 22.9 Å². The number of hydrogen-bond donors (Lipinski definition) is 1. The Morgan fingerprint density at radius 2 is 2.05 bits per heavy atom. The van der Waals surface area contributed by atoms with E-state index in [-0.39, 0.29) is 10.6 Å². The lowest BCUT2D eigenvalue weighted by Crippen LogP contribution is -2.36. The number of thiazole rings is 1. The minimum absolute atomic E-state index is 0.103. The molecule has 0 aliphatic rings. The molecule has 7 heteroatoms. The molecule has 0 aliphatic heterocycles. The molecule has 0 aromatic carbocycles. The Kier molecular flexibility index (Phi) is 3.88. The molecule has 0 aliphatic carbocycles. The van der Waals surface area contributed by atoms with Crippen molar-refractivity contribution in [2.24, 2.45) is 0 Å². The number of H-pyrrole nitrogens is 1. The lowest BCUT2D eigenvalue weighted by atomic mass is 9.93. The molecule has 0 bridgehead atoms. The highest BCUT2D eigenvalue weighted by atomic mass is 35.5. The summed E-state index contributed by atoms with van der Waals surface area (Å²) in [4.78, 5) is 31.2. The summed E-state index contributed by atoms with van der Waals surface area (Å²) in [7, 11) is 0. The van der Waals surface area contributed by atoms with E-state index in [4.69, 9.17) is 11.6 Å². The highest BCUT2D eigenvalue weighted by molar-refractivity contribution is 7.12. The van der Waals surface area contributed by atoms with Crippen molar-refractivity contribution in [2.75, 3.05) is 0 Å². The molecular weight excluding hydrogens is 298 g/mol. The molecule has 5 nitrogen and oxygen atoms in total. The van der Waals surface area contributed by atoms with Crippen LogP contribution in [-0.4, -0.2) is 14.5 Å². The largest absolute Gasteiger partial charge is 0.336 e. The first-order valence-electron chi connectivity index (χ1n) is 6.25. The van der Waals surface area contributed by atoms with E-state index >= 15 is 0 Å². The maximum atomic E-state index is 12.3. The van der Waals surface area contributed by atoms with Gasteiger partial charge in [0.1, 0.15) is 5.15 Å². The molecule has 0 spiro atoms. The number of halogens is 1. The molecule has 0 atom stereocenters. The van der Waals surface area contributed by atoms with E-state index in [1.807, 2.05) is 33.1 Å². The number of rotatable bonds is 2. The van der Waals surface area contributed by atoms with E-state index in [1.54, 1.807) is 0 Å². The van der Waals surface area contributed by atoms with Gasteiger partial charge in [0.25, 0.3) is 5.56 Å². The van der Waals surface area contributed by atoms with Gasteiger partial charge in [0.05, 0.1) is 11.3 Å². The van der Waals surface area contributed by atoms with Crippen LogP contribution in [0.1, 0.15) is 39.0 Å². The van der Waals surface area contributed by atoms with Crippen LogP contribution in [0.2, 0.25) is 5.15 Å². The number of nitrogens with zero attached hydrogens (tertiary/aromatic N) is 2. The van der Waals surface area contributed by atoms with Gasteiger partial charge >= 0.3 is 5.69 Å². The fraction of sp³-hybridized carbons (Fsp3) is 0.462. The average Bonchev–Trinajstić information content (AvgIpc) is 2.77. The number of aromatic amines is 1. The first-order valence-corrected chi connectivity index (χ1v) is 7.51. The molecule has 2 aromatic heterocycles. The third-order valence-corrected chi connectivity index (χ3v) is 4.10. The predicted octanol–water partition coefficient (Wildman–Crippen LogP) is 2.50. The van der Waals surface area contributed by atoms with Crippen molar-refractivity contribution in [1.82, 2.24) is 14.5 Å². The Bertz CT molecular complexity index is 752. The fourth-order valence-corrected chi connectivity index (χ4v) is 3.08. The zero-order chi connectivity index (χ0) is 15.1. The Labute approximate surface area is 125 Å². The topological polar surface area (TPSA) is 67.8 Å². The highest BCUT2D eigenvalue weighted by Crippen LogP contribution is 2.24. The van der Waals surface area contributed by atoms with E-state index < -0.39 is 11.2 Å². The molecular formula is C13H16ClN3O2S. The van der Waals surface area contributed by atoms with E-state index in [9.17, 15) is 9.59 Å². The molecule has 0 saturated carbocycles. The monoisotopic (exact) mass is 313 g/mol. The van der Waals surface area contributed by atoms with Gasteiger partial charge in [-0.25, -0.2) is 14.3 Å². The summed E-state index contributed by atoms with van der Waals surface area (Å²) in [5, 5.41) is 2.33. The van der Waals surface area contributed by atoms with Crippen LogP contribution in [0, 0.1) is 0 Å². The van der Waals surface area contributed by atoms with Crippen molar-refractivity contribution in [3.05, 3.63) is 42.6 Å². The van der Waals surface area contributed by atoms with Crippen molar-refractivity contribution in [2.45, 2.75) is 39.5 Å². The Hall–Kier alpha value is -1.40. The molecule has 0 radical (unpaired) electrons. The molecule has 2 aromatic rings. The third-order valence-electron chi connectivity index (χ3n) is 2.95. The molecule has 20 heavy (non-hydrogen) atoms. The zero-order valence-electron chi connectivity index (χ0n) is 11.8. The second-order valence-corrected chi connectivity index (χ2v) is 6.70. The lowest BCUT2D eigenvalue weighted by Gasteiger charge is -2.14. The van der Waals surface area contributed by atoms with Crippen LogP contribution >= 0.6 is 22.9 Å². The fourth-order valence-electron chi connectivity index (χ4n) is 1.74. The smallest absolute Gasteiger partial charge is 0.297 e. The van der Waals surface area contributed by atoms with Crippen LogP contribution in [0.4, 0.5) is 0 Å². The second-order valence-electron chi connectivity index (χ2n) is 5.48. The molecule has 2 heterocycles.